The highest BCUT2D eigenvalue weighted by molar-refractivity contribution is 6.21. The van der Waals surface area contributed by atoms with Gasteiger partial charge in [-0.05, 0) is 44.0 Å². The molecular weight excluding hydrogens is 384 g/mol. The summed E-state index contributed by atoms with van der Waals surface area (Å²) >= 11 is 0. The summed E-state index contributed by atoms with van der Waals surface area (Å²) in [6, 6.07) is 13.7. The zero-order valence-electron chi connectivity index (χ0n) is 16.6. The summed E-state index contributed by atoms with van der Waals surface area (Å²) < 4.78 is 0. The van der Waals surface area contributed by atoms with Crippen molar-refractivity contribution in [3.8, 4) is 0 Å². The number of hydrogen-bond donors (Lipinski definition) is 1. The molecule has 0 bridgehead atoms. The van der Waals surface area contributed by atoms with Gasteiger partial charge in [-0.15, -0.1) is 0 Å². The second kappa shape index (κ2) is 7.74. The second-order valence-electron chi connectivity index (χ2n) is 7.91. The lowest BCUT2D eigenvalue weighted by Crippen LogP contribution is -2.41. The normalized spacial score (nSPS) is 17.0. The van der Waals surface area contributed by atoms with Gasteiger partial charge in [-0.25, -0.2) is 4.79 Å². The van der Waals surface area contributed by atoms with Crippen molar-refractivity contribution in [2.75, 3.05) is 5.32 Å². The molecule has 2 aromatic carbocycles. The largest absolute Gasteiger partial charge is 0.339 e. The van der Waals surface area contributed by atoms with E-state index < -0.39 is 23.2 Å². The van der Waals surface area contributed by atoms with Gasteiger partial charge in [-0.1, -0.05) is 47.7 Å². The lowest BCUT2D eigenvalue weighted by molar-refractivity contribution is -0.182. The average Bonchev–Trinajstić information content (AvgIpc) is 3.30. The second-order valence-corrected chi connectivity index (χ2v) is 7.91. The van der Waals surface area contributed by atoms with E-state index in [1.165, 1.54) is 12.1 Å². The minimum absolute atomic E-state index is 0.0666. The van der Waals surface area contributed by atoms with Crippen LogP contribution in [0.15, 0.2) is 48.5 Å². The van der Waals surface area contributed by atoms with Gasteiger partial charge in [-0.3, -0.25) is 14.4 Å². The van der Waals surface area contributed by atoms with Crippen molar-refractivity contribution < 1.29 is 24.0 Å². The first-order chi connectivity index (χ1) is 14.4. The van der Waals surface area contributed by atoms with E-state index in [4.69, 9.17) is 4.84 Å². The Morgan fingerprint density at radius 1 is 0.967 bits per heavy atom. The van der Waals surface area contributed by atoms with Crippen LogP contribution in [-0.4, -0.2) is 28.8 Å². The monoisotopic (exact) mass is 406 g/mol. The Balaban J connectivity index is 1.48. The molecule has 1 saturated carbocycles. The summed E-state index contributed by atoms with van der Waals surface area (Å²) in [5.74, 6) is -2.35. The quantitative estimate of drug-likeness (QED) is 0.766. The van der Waals surface area contributed by atoms with E-state index in [1.54, 1.807) is 24.3 Å². The number of amides is 3. The van der Waals surface area contributed by atoms with Crippen LogP contribution in [0.1, 0.15) is 58.4 Å². The van der Waals surface area contributed by atoms with Gasteiger partial charge < -0.3 is 10.2 Å². The highest BCUT2D eigenvalue weighted by Crippen LogP contribution is 2.43. The standard InChI is InChI=1S/C23H22N2O5/c1-15-8-10-16(11-9-15)24-19(26)14-23(12-4-5-13-23)22(29)30-25-20(27)17-6-2-3-7-18(17)21(25)28/h2-3,6-11H,4-5,12-14H2,1H3,(H,24,26). The highest BCUT2D eigenvalue weighted by Gasteiger charge is 2.48. The van der Waals surface area contributed by atoms with Gasteiger partial charge in [0, 0.05) is 12.1 Å². The Morgan fingerprint density at radius 2 is 1.53 bits per heavy atom. The van der Waals surface area contributed by atoms with Crippen molar-refractivity contribution >= 4 is 29.4 Å². The first kappa shape index (κ1) is 19.8. The number of hydroxylamine groups is 2. The maximum Gasteiger partial charge on any atom is 0.339 e. The van der Waals surface area contributed by atoms with Gasteiger partial charge in [0.15, 0.2) is 0 Å². The Morgan fingerprint density at radius 3 is 2.10 bits per heavy atom. The fourth-order valence-corrected chi connectivity index (χ4v) is 4.08. The van der Waals surface area contributed by atoms with Crippen LogP contribution in [0.3, 0.4) is 0 Å². The van der Waals surface area contributed by atoms with E-state index in [2.05, 4.69) is 5.32 Å². The molecule has 1 aliphatic heterocycles. The van der Waals surface area contributed by atoms with Crippen LogP contribution in [0, 0.1) is 12.3 Å². The van der Waals surface area contributed by atoms with E-state index in [0.29, 0.717) is 23.6 Å². The molecule has 1 aliphatic carbocycles. The molecule has 154 valence electrons. The number of carbonyl (C=O) groups excluding carboxylic acids is 4. The molecule has 2 aromatic rings. The minimum atomic E-state index is -1.05. The van der Waals surface area contributed by atoms with E-state index >= 15 is 0 Å². The maximum atomic E-state index is 13.0. The molecule has 7 heteroatoms. The zero-order valence-corrected chi connectivity index (χ0v) is 16.6. The van der Waals surface area contributed by atoms with E-state index in [9.17, 15) is 19.2 Å². The van der Waals surface area contributed by atoms with Crippen molar-refractivity contribution in [1.82, 2.24) is 5.06 Å². The van der Waals surface area contributed by atoms with Gasteiger partial charge in [0.05, 0.1) is 16.5 Å². The van der Waals surface area contributed by atoms with Crippen molar-refractivity contribution in [2.24, 2.45) is 5.41 Å². The number of anilines is 1. The number of aryl methyl sites for hydroxylation is 1. The van der Waals surface area contributed by atoms with Crippen LogP contribution >= 0.6 is 0 Å². The number of hydrogen-bond acceptors (Lipinski definition) is 5. The Labute approximate surface area is 174 Å². The molecule has 0 saturated heterocycles. The molecule has 4 rings (SSSR count). The molecule has 1 heterocycles. The van der Waals surface area contributed by atoms with Crippen molar-refractivity contribution in [1.29, 1.82) is 0 Å². The van der Waals surface area contributed by atoms with E-state index in [0.717, 1.165) is 18.4 Å². The number of carbonyl (C=O) groups is 4. The fourth-order valence-electron chi connectivity index (χ4n) is 4.08. The number of benzene rings is 2. The molecule has 0 atom stereocenters. The van der Waals surface area contributed by atoms with Crippen LogP contribution in [0.5, 0.6) is 0 Å². The Hall–Kier alpha value is -3.48. The van der Waals surface area contributed by atoms with Gasteiger partial charge in [-0.2, -0.15) is 0 Å². The van der Waals surface area contributed by atoms with Crippen molar-refractivity contribution in [3.63, 3.8) is 0 Å². The molecule has 3 amide bonds. The highest BCUT2D eigenvalue weighted by atomic mass is 16.7. The topological polar surface area (TPSA) is 92.8 Å². The van der Waals surface area contributed by atoms with Gasteiger partial charge >= 0.3 is 5.97 Å². The number of nitrogens with one attached hydrogen (secondary N) is 1. The molecule has 0 spiro atoms. The predicted molar refractivity (Wildman–Crippen MR) is 108 cm³/mol. The molecule has 7 nitrogen and oxygen atoms in total. The van der Waals surface area contributed by atoms with Gasteiger partial charge in [0.1, 0.15) is 0 Å². The number of imide groups is 1. The summed E-state index contributed by atoms with van der Waals surface area (Å²) in [6.07, 6.45) is 2.42. The molecule has 1 N–H and O–H groups in total. The summed E-state index contributed by atoms with van der Waals surface area (Å²) in [4.78, 5) is 56.0. The minimum Gasteiger partial charge on any atom is -0.329 e. The summed E-state index contributed by atoms with van der Waals surface area (Å²) in [6.45, 7) is 1.95. The molecule has 0 radical (unpaired) electrons. The van der Waals surface area contributed by atoms with Crippen molar-refractivity contribution in [3.05, 3.63) is 65.2 Å². The number of rotatable bonds is 5. The average molecular weight is 406 g/mol. The molecule has 2 aliphatic rings. The third-order valence-corrected chi connectivity index (χ3v) is 5.76. The van der Waals surface area contributed by atoms with Crippen LogP contribution in [0.2, 0.25) is 0 Å². The van der Waals surface area contributed by atoms with Crippen LogP contribution in [0.25, 0.3) is 0 Å². The first-order valence-corrected chi connectivity index (χ1v) is 9.96. The summed E-state index contributed by atoms with van der Waals surface area (Å²) in [5.41, 5.74) is 1.07. The third kappa shape index (κ3) is 3.58. The SMILES string of the molecule is Cc1ccc(NC(=O)CC2(C(=O)ON3C(=O)c4ccccc4C3=O)CCCC2)cc1. The van der Waals surface area contributed by atoms with Crippen molar-refractivity contribution in [2.45, 2.75) is 39.0 Å². The number of fused-ring (bicyclic) bond motifs is 1. The maximum absolute atomic E-state index is 13.0. The third-order valence-electron chi connectivity index (χ3n) is 5.76. The summed E-state index contributed by atoms with van der Waals surface area (Å²) in [7, 11) is 0. The lowest BCUT2D eigenvalue weighted by atomic mass is 9.82. The Kier molecular flexibility index (Phi) is 5.11. The first-order valence-electron chi connectivity index (χ1n) is 9.96. The van der Waals surface area contributed by atoms with E-state index in [1.807, 2.05) is 19.1 Å². The molecule has 0 unspecified atom stereocenters. The van der Waals surface area contributed by atoms with Gasteiger partial charge in [0.25, 0.3) is 11.8 Å². The molecule has 0 aromatic heterocycles. The fraction of sp³-hybridized carbons (Fsp3) is 0.304. The molecular formula is C23H22N2O5. The molecule has 1 fully saturated rings. The van der Waals surface area contributed by atoms with Crippen LogP contribution in [-0.2, 0) is 14.4 Å². The van der Waals surface area contributed by atoms with Crippen LogP contribution in [0.4, 0.5) is 5.69 Å². The number of nitrogens with zero attached hydrogens (tertiary/aromatic N) is 1. The van der Waals surface area contributed by atoms with E-state index in [-0.39, 0.29) is 23.5 Å². The van der Waals surface area contributed by atoms with Crippen LogP contribution < -0.4 is 5.32 Å². The van der Waals surface area contributed by atoms with Gasteiger partial charge in [0.2, 0.25) is 5.91 Å². The Bertz CT molecular complexity index is 987. The smallest absolute Gasteiger partial charge is 0.329 e. The zero-order chi connectivity index (χ0) is 21.3. The predicted octanol–water partition coefficient (Wildman–Crippen LogP) is 3.64. The lowest BCUT2D eigenvalue weighted by Gasteiger charge is -2.27. The molecule has 30 heavy (non-hydrogen) atoms. The summed E-state index contributed by atoms with van der Waals surface area (Å²) in [5, 5.41) is 3.33.